The highest BCUT2D eigenvalue weighted by molar-refractivity contribution is 5.76. The van der Waals surface area contributed by atoms with Crippen molar-refractivity contribution in [3.05, 3.63) is 35.9 Å². The Hall–Kier alpha value is -1.35. The van der Waals surface area contributed by atoms with Gasteiger partial charge >= 0.3 is 0 Å². The van der Waals surface area contributed by atoms with Gasteiger partial charge in [0.2, 0.25) is 5.91 Å². The van der Waals surface area contributed by atoms with Crippen LogP contribution in [0.1, 0.15) is 38.7 Å². The van der Waals surface area contributed by atoms with Crippen LogP contribution in [0.15, 0.2) is 30.3 Å². The Labute approximate surface area is 134 Å². The number of amides is 1. The van der Waals surface area contributed by atoms with Crippen LogP contribution in [0, 0.1) is 11.8 Å². The minimum absolute atomic E-state index is 0.301. The minimum atomic E-state index is 0.301. The van der Waals surface area contributed by atoms with Crippen LogP contribution in [-0.2, 0) is 16.0 Å². The second kappa shape index (κ2) is 8.94. The van der Waals surface area contributed by atoms with Crippen LogP contribution in [-0.4, -0.2) is 37.1 Å². The maximum absolute atomic E-state index is 12.5. The summed E-state index contributed by atoms with van der Waals surface area (Å²) in [6.45, 7) is 7.59. The van der Waals surface area contributed by atoms with Gasteiger partial charge in [0.05, 0.1) is 6.61 Å². The number of ether oxygens (including phenoxy) is 1. The summed E-state index contributed by atoms with van der Waals surface area (Å²) in [6, 6.07) is 10.5. The van der Waals surface area contributed by atoms with Crippen molar-refractivity contribution in [3.8, 4) is 0 Å². The molecule has 0 bridgehead atoms. The molecule has 1 aromatic carbocycles. The summed E-state index contributed by atoms with van der Waals surface area (Å²) in [4.78, 5) is 14.5. The average molecular weight is 303 g/mol. The minimum Gasteiger partial charge on any atom is -0.381 e. The van der Waals surface area contributed by atoms with Crippen molar-refractivity contribution in [3.63, 3.8) is 0 Å². The quantitative estimate of drug-likeness (QED) is 0.735. The number of carbonyl (C=O) groups excluding carboxylic acids is 1. The molecule has 0 radical (unpaired) electrons. The molecule has 1 saturated heterocycles. The maximum Gasteiger partial charge on any atom is 0.222 e. The highest BCUT2D eigenvalue weighted by Crippen LogP contribution is 2.17. The standard InChI is InChI=1S/C19H29NO2/c1-3-20(14-18-11-12-22-15-18)19(21)13-16(2)9-10-17-7-5-4-6-8-17/h4-8,16,18H,3,9-15H2,1-2H3. The van der Waals surface area contributed by atoms with Gasteiger partial charge in [-0.05, 0) is 37.7 Å². The lowest BCUT2D eigenvalue weighted by molar-refractivity contribution is -0.132. The van der Waals surface area contributed by atoms with E-state index in [-0.39, 0.29) is 0 Å². The molecule has 2 atom stereocenters. The molecule has 22 heavy (non-hydrogen) atoms. The van der Waals surface area contributed by atoms with Gasteiger partial charge in [0.25, 0.3) is 0 Å². The van der Waals surface area contributed by atoms with E-state index < -0.39 is 0 Å². The molecule has 0 aromatic heterocycles. The third-order valence-electron chi connectivity index (χ3n) is 4.53. The van der Waals surface area contributed by atoms with Gasteiger partial charge in [-0.1, -0.05) is 37.3 Å². The fourth-order valence-electron chi connectivity index (χ4n) is 3.03. The molecule has 2 unspecified atom stereocenters. The smallest absolute Gasteiger partial charge is 0.222 e. The van der Waals surface area contributed by atoms with Gasteiger partial charge < -0.3 is 9.64 Å². The predicted molar refractivity (Wildman–Crippen MR) is 89.7 cm³/mol. The van der Waals surface area contributed by atoms with E-state index >= 15 is 0 Å². The Balaban J connectivity index is 1.73. The second-order valence-corrected chi connectivity index (χ2v) is 6.50. The van der Waals surface area contributed by atoms with Crippen LogP contribution in [0.2, 0.25) is 0 Å². The summed E-state index contributed by atoms with van der Waals surface area (Å²) in [5.74, 6) is 1.26. The predicted octanol–water partition coefficient (Wildman–Crippen LogP) is 3.53. The van der Waals surface area contributed by atoms with E-state index in [4.69, 9.17) is 4.74 Å². The van der Waals surface area contributed by atoms with Crippen LogP contribution in [0.25, 0.3) is 0 Å². The molecule has 3 nitrogen and oxygen atoms in total. The van der Waals surface area contributed by atoms with Crippen LogP contribution in [0.3, 0.4) is 0 Å². The molecule has 1 amide bonds. The summed E-state index contributed by atoms with van der Waals surface area (Å²) >= 11 is 0. The van der Waals surface area contributed by atoms with E-state index in [0.29, 0.717) is 24.2 Å². The number of hydrogen-bond acceptors (Lipinski definition) is 2. The van der Waals surface area contributed by atoms with E-state index in [9.17, 15) is 4.79 Å². The van der Waals surface area contributed by atoms with Crippen molar-refractivity contribution in [1.82, 2.24) is 4.90 Å². The molecule has 3 heteroatoms. The zero-order chi connectivity index (χ0) is 15.8. The molecule has 1 aliphatic rings. The highest BCUT2D eigenvalue weighted by Gasteiger charge is 2.22. The highest BCUT2D eigenvalue weighted by atomic mass is 16.5. The monoisotopic (exact) mass is 303 g/mol. The molecule has 122 valence electrons. The van der Waals surface area contributed by atoms with E-state index in [1.807, 2.05) is 11.0 Å². The Kier molecular flexibility index (Phi) is 6.91. The molecule has 0 aliphatic carbocycles. The Bertz CT molecular complexity index is 440. The molecule has 1 aliphatic heterocycles. The van der Waals surface area contributed by atoms with Gasteiger partial charge in [0, 0.05) is 32.0 Å². The Morgan fingerprint density at radius 3 is 2.77 bits per heavy atom. The van der Waals surface area contributed by atoms with Gasteiger partial charge in [0.1, 0.15) is 0 Å². The summed E-state index contributed by atoms with van der Waals surface area (Å²) in [7, 11) is 0. The Morgan fingerprint density at radius 1 is 1.36 bits per heavy atom. The number of benzene rings is 1. The number of nitrogens with zero attached hydrogens (tertiary/aromatic N) is 1. The molecular formula is C19H29NO2. The van der Waals surface area contributed by atoms with Crippen molar-refractivity contribution in [2.75, 3.05) is 26.3 Å². The first-order chi connectivity index (χ1) is 10.7. The largest absolute Gasteiger partial charge is 0.381 e. The van der Waals surface area contributed by atoms with Crippen LogP contribution in [0.5, 0.6) is 0 Å². The van der Waals surface area contributed by atoms with E-state index in [1.165, 1.54) is 5.56 Å². The van der Waals surface area contributed by atoms with Gasteiger partial charge in [-0.15, -0.1) is 0 Å². The third kappa shape index (κ3) is 5.45. The Morgan fingerprint density at radius 2 is 2.14 bits per heavy atom. The fourth-order valence-corrected chi connectivity index (χ4v) is 3.03. The number of hydrogen-bond donors (Lipinski definition) is 0. The van der Waals surface area contributed by atoms with Gasteiger partial charge in [-0.2, -0.15) is 0 Å². The molecule has 1 aromatic rings. The first kappa shape index (κ1) is 17.0. The van der Waals surface area contributed by atoms with Crippen LogP contribution >= 0.6 is 0 Å². The SMILES string of the molecule is CCN(CC1CCOC1)C(=O)CC(C)CCc1ccccc1. The summed E-state index contributed by atoms with van der Waals surface area (Å²) < 4.78 is 5.41. The van der Waals surface area contributed by atoms with E-state index in [2.05, 4.69) is 38.1 Å². The van der Waals surface area contributed by atoms with Gasteiger partial charge in [-0.25, -0.2) is 0 Å². The topological polar surface area (TPSA) is 29.5 Å². The molecule has 1 heterocycles. The molecule has 1 fully saturated rings. The lowest BCUT2D eigenvalue weighted by Crippen LogP contribution is -2.36. The normalized spacial score (nSPS) is 19.1. The van der Waals surface area contributed by atoms with E-state index in [0.717, 1.165) is 45.6 Å². The third-order valence-corrected chi connectivity index (χ3v) is 4.53. The van der Waals surface area contributed by atoms with E-state index in [1.54, 1.807) is 0 Å². The van der Waals surface area contributed by atoms with Crippen molar-refractivity contribution in [2.45, 2.75) is 39.5 Å². The number of aryl methyl sites for hydroxylation is 1. The number of carbonyl (C=O) groups is 1. The molecule has 0 spiro atoms. The molecular weight excluding hydrogens is 274 g/mol. The van der Waals surface area contributed by atoms with Crippen LogP contribution in [0.4, 0.5) is 0 Å². The summed E-state index contributed by atoms with van der Waals surface area (Å²) in [5, 5.41) is 0. The maximum atomic E-state index is 12.5. The lowest BCUT2D eigenvalue weighted by atomic mass is 9.97. The van der Waals surface area contributed by atoms with Gasteiger partial charge in [0.15, 0.2) is 0 Å². The second-order valence-electron chi connectivity index (χ2n) is 6.50. The zero-order valence-electron chi connectivity index (χ0n) is 14.0. The molecule has 0 N–H and O–H groups in total. The van der Waals surface area contributed by atoms with Crippen molar-refractivity contribution >= 4 is 5.91 Å². The molecule has 2 rings (SSSR count). The van der Waals surface area contributed by atoms with Crippen LogP contribution < -0.4 is 0 Å². The van der Waals surface area contributed by atoms with Crippen molar-refractivity contribution in [1.29, 1.82) is 0 Å². The number of rotatable bonds is 8. The average Bonchev–Trinajstić information content (AvgIpc) is 3.04. The van der Waals surface area contributed by atoms with Gasteiger partial charge in [-0.3, -0.25) is 4.79 Å². The fraction of sp³-hybridized carbons (Fsp3) is 0.632. The molecule has 0 saturated carbocycles. The van der Waals surface area contributed by atoms with Crippen molar-refractivity contribution in [2.24, 2.45) is 11.8 Å². The summed E-state index contributed by atoms with van der Waals surface area (Å²) in [5.41, 5.74) is 1.36. The first-order valence-electron chi connectivity index (χ1n) is 8.58. The summed E-state index contributed by atoms with van der Waals surface area (Å²) in [6.07, 6.45) is 3.87. The first-order valence-corrected chi connectivity index (χ1v) is 8.58. The van der Waals surface area contributed by atoms with Crippen molar-refractivity contribution < 1.29 is 9.53 Å². The zero-order valence-corrected chi connectivity index (χ0v) is 14.0. The lowest BCUT2D eigenvalue weighted by Gasteiger charge is -2.25.